The van der Waals surface area contributed by atoms with Crippen molar-refractivity contribution < 1.29 is 0 Å². The Bertz CT molecular complexity index is 305. The monoisotopic (exact) mass is 202 g/mol. The van der Waals surface area contributed by atoms with Crippen molar-refractivity contribution in [3.8, 4) is 0 Å². The van der Waals surface area contributed by atoms with Crippen molar-refractivity contribution in [2.75, 3.05) is 5.73 Å². The summed E-state index contributed by atoms with van der Waals surface area (Å²) in [6.07, 6.45) is 0. The Labute approximate surface area is 66.4 Å². The molecule has 3 N–H and O–H groups in total. The van der Waals surface area contributed by atoms with Crippen LogP contribution in [0.5, 0.6) is 0 Å². The zero-order valence-electron chi connectivity index (χ0n) is 5.44. The first-order chi connectivity index (χ1) is 4.61. The molecule has 0 aliphatic carbocycles. The number of aromatic nitrogens is 1. The molecule has 1 heterocycles. The van der Waals surface area contributed by atoms with Crippen LogP contribution in [0.2, 0.25) is 0 Å². The van der Waals surface area contributed by atoms with E-state index in [0.29, 0.717) is 4.47 Å². The van der Waals surface area contributed by atoms with E-state index in [1.807, 2.05) is 0 Å². The second-order valence-corrected chi connectivity index (χ2v) is 2.90. The van der Waals surface area contributed by atoms with E-state index in [9.17, 15) is 4.79 Å². The van der Waals surface area contributed by atoms with Gasteiger partial charge in [0.05, 0.1) is 0 Å². The Morgan fingerprint density at radius 1 is 1.70 bits per heavy atom. The molecule has 3 nitrogen and oxygen atoms in total. The Kier molecular flexibility index (Phi) is 1.80. The largest absolute Gasteiger partial charge is 0.393 e. The summed E-state index contributed by atoms with van der Waals surface area (Å²) in [7, 11) is 0. The van der Waals surface area contributed by atoms with Crippen LogP contribution < -0.4 is 11.3 Å². The van der Waals surface area contributed by atoms with E-state index in [-0.39, 0.29) is 11.2 Å². The summed E-state index contributed by atoms with van der Waals surface area (Å²) in [6, 6.07) is 1.76. The molecule has 54 valence electrons. The maximum absolute atomic E-state index is 10.9. The van der Waals surface area contributed by atoms with Gasteiger partial charge in [0.25, 0.3) is 5.56 Å². The molecular weight excluding hydrogens is 196 g/mol. The van der Waals surface area contributed by atoms with Crippen molar-refractivity contribution in [1.29, 1.82) is 0 Å². The van der Waals surface area contributed by atoms with Gasteiger partial charge in [0.15, 0.2) is 0 Å². The average Bonchev–Trinajstić information content (AvgIpc) is 1.82. The molecule has 0 aromatic carbocycles. The van der Waals surface area contributed by atoms with Gasteiger partial charge in [-0.05, 0) is 28.9 Å². The van der Waals surface area contributed by atoms with Crippen LogP contribution in [0.25, 0.3) is 0 Å². The van der Waals surface area contributed by atoms with Gasteiger partial charge in [0.1, 0.15) is 5.69 Å². The van der Waals surface area contributed by atoms with Gasteiger partial charge in [-0.1, -0.05) is 0 Å². The van der Waals surface area contributed by atoms with Gasteiger partial charge in [0.2, 0.25) is 0 Å². The Balaban J connectivity index is 3.46. The fraction of sp³-hybridized carbons (Fsp3) is 0.167. The Morgan fingerprint density at radius 3 is 2.80 bits per heavy atom. The molecule has 0 saturated carbocycles. The number of nitrogens with two attached hydrogens (primary N) is 1. The molecule has 10 heavy (non-hydrogen) atoms. The van der Waals surface area contributed by atoms with E-state index in [1.54, 1.807) is 13.0 Å². The second-order valence-electron chi connectivity index (χ2n) is 2.04. The van der Waals surface area contributed by atoms with Crippen LogP contribution in [0.1, 0.15) is 5.69 Å². The van der Waals surface area contributed by atoms with Gasteiger partial charge in [-0.2, -0.15) is 0 Å². The van der Waals surface area contributed by atoms with Crippen LogP contribution in [0, 0.1) is 6.92 Å². The van der Waals surface area contributed by atoms with Gasteiger partial charge in [-0.3, -0.25) is 4.79 Å². The lowest BCUT2D eigenvalue weighted by atomic mass is 10.3. The number of halogens is 1. The highest BCUT2D eigenvalue weighted by molar-refractivity contribution is 9.10. The number of nitrogen functional groups attached to an aromatic ring is 1. The van der Waals surface area contributed by atoms with Gasteiger partial charge in [-0.15, -0.1) is 0 Å². The molecule has 0 bridgehead atoms. The number of hydrogen-bond acceptors (Lipinski definition) is 2. The SMILES string of the molecule is Cc1cc(Br)c(N)c(=O)[nH]1. The summed E-state index contributed by atoms with van der Waals surface area (Å²) < 4.78 is 0.647. The predicted molar refractivity (Wildman–Crippen MR) is 43.9 cm³/mol. The minimum absolute atomic E-state index is 0.227. The lowest BCUT2D eigenvalue weighted by Crippen LogP contribution is -2.12. The third-order valence-corrected chi connectivity index (χ3v) is 1.81. The van der Waals surface area contributed by atoms with Crippen molar-refractivity contribution in [3.05, 3.63) is 26.6 Å². The second kappa shape index (κ2) is 2.46. The van der Waals surface area contributed by atoms with Crippen LogP contribution in [0.3, 0.4) is 0 Å². The van der Waals surface area contributed by atoms with Crippen LogP contribution in [0.15, 0.2) is 15.3 Å². The van der Waals surface area contributed by atoms with Crippen LogP contribution in [0.4, 0.5) is 5.69 Å². The molecule has 1 rings (SSSR count). The number of hydrogen-bond donors (Lipinski definition) is 2. The van der Waals surface area contributed by atoms with Crippen molar-refractivity contribution in [3.63, 3.8) is 0 Å². The number of anilines is 1. The first kappa shape index (κ1) is 7.34. The van der Waals surface area contributed by atoms with Gasteiger partial charge < -0.3 is 10.7 Å². The van der Waals surface area contributed by atoms with Gasteiger partial charge in [-0.25, -0.2) is 0 Å². The topological polar surface area (TPSA) is 58.9 Å². The number of H-pyrrole nitrogens is 1. The number of rotatable bonds is 0. The van der Waals surface area contributed by atoms with E-state index in [0.717, 1.165) is 5.69 Å². The zero-order valence-corrected chi connectivity index (χ0v) is 7.03. The van der Waals surface area contributed by atoms with E-state index in [1.165, 1.54) is 0 Å². The number of aromatic amines is 1. The van der Waals surface area contributed by atoms with E-state index in [4.69, 9.17) is 5.73 Å². The smallest absolute Gasteiger partial charge is 0.272 e. The summed E-state index contributed by atoms with van der Waals surface area (Å²) in [4.78, 5) is 13.4. The summed E-state index contributed by atoms with van der Waals surface area (Å²) in [5.41, 5.74) is 6.14. The first-order valence-corrected chi connectivity index (χ1v) is 3.55. The number of pyridine rings is 1. The predicted octanol–water partition coefficient (Wildman–Crippen LogP) is 1.03. The van der Waals surface area contributed by atoms with E-state index >= 15 is 0 Å². The van der Waals surface area contributed by atoms with Crippen LogP contribution in [-0.2, 0) is 0 Å². The van der Waals surface area contributed by atoms with Gasteiger partial charge >= 0.3 is 0 Å². The standard InChI is InChI=1S/C6H7BrN2O/c1-3-2-4(7)5(8)6(10)9-3/h2H,8H2,1H3,(H,9,10). The fourth-order valence-electron chi connectivity index (χ4n) is 0.659. The molecule has 0 atom stereocenters. The van der Waals surface area contributed by atoms with Crippen molar-refractivity contribution in [2.45, 2.75) is 6.92 Å². The van der Waals surface area contributed by atoms with E-state index in [2.05, 4.69) is 20.9 Å². The number of aryl methyl sites for hydroxylation is 1. The third kappa shape index (κ3) is 1.21. The van der Waals surface area contributed by atoms with Crippen molar-refractivity contribution >= 4 is 21.6 Å². The molecule has 0 aliphatic heterocycles. The summed E-state index contributed by atoms with van der Waals surface area (Å²) in [6.45, 7) is 1.80. The Morgan fingerprint density at radius 2 is 2.30 bits per heavy atom. The third-order valence-electron chi connectivity index (χ3n) is 1.16. The molecule has 0 aliphatic rings. The summed E-state index contributed by atoms with van der Waals surface area (Å²) >= 11 is 3.15. The molecule has 0 amide bonds. The lowest BCUT2D eigenvalue weighted by Gasteiger charge is -1.96. The van der Waals surface area contributed by atoms with Crippen molar-refractivity contribution in [2.24, 2.45) is 0 Å². The van der Waals surface area contributed by atoms with E-state index < -0.39 is 0 Å². The number of nitrogens with one attached hydrogen (secondary N) is 1. The molecule has 4 heteroatoms. The highest BCUT2D eigenvalue weighted by Crippen LogP contribution is 2.13. The highest BCUT2D eigenvalue weighted by Gasteiger charge is 1.99. The molecule has 0 spiro atoms. The molecule has 1 aromatic heterocycles. The quantitative estimate of drug-likeness (QED) is 0.661. The molecule has 1 aromatic rings. The lowest BCUT2D eigenvalue weighted by molar-refractivity contribution is 1.14. The summed E-state index contributed by atoms with van der Waals surface area (Å²) in [5.74, 6) is 0. The zero-order chi connectivity index (χ0) is 7.72. The molecular formula is C6H7BrN2O. The molecule has 0 fully saturated rings. The maximum Gasteiger partial charge on any atom is 0.272 e. The normalized spacial score (nSPS) is 9.80. The highest BCUT2D eigenvalue weighted by atomic mass is 79.9. The molecule has 0 radical (unpaired) electrons. The minimum atomic E-state index is -0.244. The maximum atomic E-state index is 10.9. The average molecular weight is 203 g/mol. The molecule has 0 saturated heterocycles. The fourth-order valence-corrected chi connectivity index (χ4v) is 1.18. The van der Waals surface area contributed by atoms with Crippen LogP contribution >= 0.6 is 15.9 Å². The first-order valence-electron chi connectivity index (χ1n) is 2.76. The Hall–Kier alpha value is -0.770. The van der Waals surface area contributed by atoms with Crippen LogP contribution in [-0.4, -0.2) is 4.98 Å². The minimum Gasteiger partial charge on any atom is -0.393 e. The van der Waals surface area contributed by atoms with Gasteiger partial charge in [0, 0.05) is 10.2 Å². The summed E-state index contributed by atoms with van der Waals surface area (Å²) in [5, 5.41) is 0. The van der Waals surface area contributed by atoms with Crippen molar-refractivity contribution in [1.82, 2.24) is 4.98 Å². The molecule has 0 unspecified atom stereocenters.